The smallest absolute Gasteiger partial charge is 0.408 e. The van der Waals surface area contributed by atoms with Crippen LogP contribution in [0.4, 0.5) is 9.59 Å². The Hall–Kier alpha value is -5.23. The van der Waals surface area contributed by atoms with Crippen LogP contribution in [0.25, 0.3) is 33.2 Å². The largest absolute Gasteiger partial charge is 0.453 e. The molecule has 0 bridgehead atoms. The van der Waals surface area contributed by atoms with Gasteiger partial charge in [-0.15, -0.1) is 0 Å². The molecule has 3 N–H and O–H groups in total. The zero-order valence-electron chi connectivity index (χ0n) is 29.5. The lowest BCUT2D eigenvalue weighted by atomic mass is 9.90. The van der Waals surface area contributed by atoms with E-state index in [9.17, 15) is 19.2 Å². The maximum Gasteiger partial charge on any atom is 0.408 e. The molecule has 0 aliphatic carbocycles. The maximum atomic E-state index is 13.9. The molecule has 2 fully saturated rings. The van der Waals surface area contributed by atoms with E-state index in [1.165, 1.54) is 7.11 Å². The predicted octanol–water partition coefficient (Wildman–Crippen LogP) is 6.42. The van der Waals surface area contributed by atoms with E-state index in [1.807, 2.05) is 29.2 Å². The quantitative estimate of drug-likeness (QED) is 0.170. The Bertz CT molecular complexity index is 1890. The Labute approximate surface area is 297 Å². The third-order valence-corrected chi connectivity index (χ3v) is 9.39. The summed E-state index contributed by atoms with van der Waals surface area (Å²) in [6, 6.07) is 18.9. The highest BCUT2D eigenvalue weighted by molar-refractivity contribution is 5.99. The summed E-state index contributed by atoms with van der Waals surface area (Å²) >= 11 is 0. The minimum Gasteiger partial charge on any atom is -0.453 e. The number of hydrogen-bond donors (Lipinski definition) is 3. The molecule has 2 atom stereocenters. The van der Waals surface area contributed by atoms with Gasteiger partial charge in [0.25, 0.3) is 0 Å². The number of nitrogens with one attached hydrogen (secondary N) is 3. The molecule has 268 valence electrons. The van der Waals surface area contributed by atoms with E-state index in [4.69, 9.17) is 19.2 Å². The van der Waals surface area contributed by atoms with Crippen molar-refractivity contribution in [3.63, 3.8) is 0 Å². The van der Waals surface area contributed by atoms with E-state index in [2.05, 4.69) is 39.9 Å². The van der Waals surface area contributed by atoms with E-state index in [-0.39, 0.29) is 30.2 Å². The first-order valence-corrected chi connectivity index (χ1v) is 17.4. The van der Waals surface area contributed by atoms with Gasteiger partial charge in [0.05, 0.1) is 31.6 Å². The van der Waals surface area contributed by atoms with Crippen molar-refractivity contribution in [2.45, 2.75) is 64.1 Å². The van der Waals surface area contributed by atoms with Crippen LogP contribution in [0.1, 0.15) is 68.7 Å². The zero-order chi connectivity index (χ0) is 36.1. The molecular formula is C39H45N5O7. The van der Waals surface area contributed by atoms with Gasteiger partial charge in [-0.1, -0.05) is 48.5 Å². The van der Waals surface area contributed by atoms with Gasteiger partial charge in [-0.05, 0) is 86.4 Å². The Kier molecular flexibility index (Phi) is 10.7. The fourth-order valence-corrected chi connectivity index (χ4v) is 6.77. The highest BCUT2D eigenvalue weighted by Gasteiger charge is 2.40. The van der Waals surface area contributed by atoms with Gasteiger partial charge in [-0.25, -0.2) is 14.6 Å². The Balaban J connectivity index is 1.13. The number of aromatic nitrogens is 2. The topological polar surface area (TPSA) is 152 Å². The summed E-state index contributed by atoms with van der Waals surface area (Å²) in [7, 11) is 1.30. The second kappa shape index (κ2) is 15.3. The number of likely N-dealkylation sites (tertiary alicyclic amines) is 1. The van der Waals surface area contributed by atoms with Crippen LogP contribution < -0.4 is 10.6 Å². The maximum absolute atomic E-state index is 13.9. The number of carbonyl (C=O) groups is 4. The zero-order valence-corrected chi connectivity index (χ0v) is 29.5. The molecule has 12 nitrogen and oxygen atoms in total. The standard InChI is InChI=1S/C39H45N5O7/c1-39(2,3)51-37(47)41-23-33(45)25-9-7-24(8-10-25)27-11-12-29-21-30(14-13-28(29)20-27)31-22-40-35(42-31)32-6-5-17-44(32)36(46)34(43-38(48)49-4)26-15-18-50-19-16-26/h7-14,20-22,26,32,34H,5-6,15-19,23H2,1-4H3,(H,40,42)(H,41,47)(H,43,48)/t32-,34-/m0/s1. The lowest BCUT2D eigenvalue weighted by molar-refractivity contribution is -0.136. The summed E-state index contributed by atoms with van der Waals surface area (Å²) in [5, 5.41) is 7.42. The normalized spacial score (nSPS) is 17.2. The summed E-state index contributed by atoms with van der Waals surface area (Å²) < 4.78 is 15.6. The molecule has 12 heteroatoms. The van der Waals surface area contributed by atoms with Gasteiger partial charge in [0, 0.05) is 30.9 Å². The van der Waals surface area contributed by atoms with Crippen LogP contribution in [-0.2, 0) is 19.0 Å². The van der Waals surface area contributed by atoms with Crippen LogP contribution in [0.15, 0.2) is 66.9 Å². The molecule has 51 heavy (non-hydrogen) atoms. The van der Waals surface area contributed by atoms with Gasteiger partial charge in [0.2, 0.25) is 5.91 Å². The van der Waals surface area contributed by atoms with Gasteiger partial charge in [-0.3, -0.25) is 9.59 Å². The lowest BCUT2D eigenvalue weighted by Gasteiger charge is -2.34. The SMILES string of the molecule is COC(=O)N[C@H](C(=O)N1CCC[C@H]1c1ncc(-c2ccc3cc(-c4ccc(C(=O)CNC(=O)OC(C)(C)C)cc4)ccc3c2)[nH]1)C1CCOCC1. The van der Waals surface area contributed by atoms with E-state index in [0.717, 1.165) is 51.8 Å². The first-order chi connectivity index (χ1) is 24.5. The van der Waals surface area contributed by atoms with E-state index >= 15 is 0 Å². The van der Waals surface area contributed by atoms with Crippen LogP contribution in [0.2, 0.25) is 0 Å². The molecule has 3 heterocycles. The van der Waals surface area contributed by atoms with Crippen molar-refractivity contribution < 1.29 is 33.4 Å². The highest BCUT2D eigenvalue weighted by Crippen LogP contribution is 2.34. The highest BCUT2D eigenvalue weighted by atomic mass is 16.6. The number of alkyl carbamates (subject to hydrolysis) is 2. The minimum absolute atomic E-state index is 0.0276. The molecule has 0 spiro atoms. The number of carbonyl (C=O) groups excluding carboxylic acids is 4. The number of imidazole rings is 1. The number of aromatic amines is 1. The fourth-order valence-electron chi connectivity index (χ4n) is 6.77. The van der Waals surface area contributed by atoms with Gasteiger partial charge < -0.3 is 34.7 Å². The average Bonchev–Trinajstić information content (AvgIpc) is 3.82. The first-order valence-electron chi connectivity index (χ1n) is 17.4. The van der Waals surface area contributed by atoms with Crippen molar-refractivity contribution >= 4 is 34.6 Å². The third-order valence-electron chi connectivity index (χ3n) is 9.39. The van der Waals surface area contributed by atoms with Gasteiger partial charge >= 0.3 is 12.2 Å². The second-order valence-corrected chi connectivity index (χ2v) is 14.1. The molecule has 1 aromatic heterocycles. The summed E-state index contributed by atoms with van der Waals surface area (Å²) in [6.45, 7) is 6.86. The van der Waals surface area contributed by atoms with Crippen molar-refractivity contribution in [2.24, 2.45) is 5.92 Å². The molecule has 6 rings (SSSR count). The summed E-state index contributed by atoms with van der Waals surface area (Å²) in [5.41, 5.74) is 3.66. The molecule has 2 aliphatic heterocycles. The fraction of sp³-hybridized carbons (Fsp3) is 0.410. The number of hydrogen-bond acceptors (Lipinski definition) is 8. The van der Waals surface area contributed by atoms with E-state index < -0.39 is 23.8 Å². The summed E-state index contributed by atoms with van der Waals surface area (Å²) in [5.74, 6) is 0.367. The number of H-pyrrole nitrogens is 1. The van der Waals surface area contributed by atoms with Gasteiger partial charge in [0.1, 0.15) is 17.5 Å². The molecule has 3 aromatic carbocycles. The van der Waals surface area contributed by atoms with Crippen molar-refractivity contribution in [1.29, 1.82) is 0 Å². The summed E-state index contributed by atoms with van der Waals surface area (Å²) in [6.07, 6.45) is 3.56. The lowest BCUT2D eigenvalue weighted by Crippen LogP contribution is -2.53. The number of ether oxygens (including phenoxy) is 3. The van der Waals surface area contributed by atoms with Gasteiger partial charge in [-0.2, -0.15) is 0 Å². The molecule has 2 saturated heterocycles. The van der Waals surface area contributed by atoms with Crippen LogP contribution in [-0.4, -0.2) is 83.8 Å². The van der Waals surface area contributed by atoms with Crippen LogP contribution in [0.3, 0.4) is 0 Å². The first kappa shape index (κ1) is 35.6. The molecule has 0 unspecified atom stereocenters. The monoisotopic (exact) mass is 695 g/mol. The number of rotatable bonds is 9. The molecule has 0 saturated carbocycles. The summed E-state index contributed by atoms with van der Waals surface area (Å²) in [4.78, 5) is 60.7. The van der Waals surface area contributed by atoms with E-state index in [1.54, 1.807) is 39.1 Å². The molecule has 4 aromatic rings. The number of ketones is 1. The number of nitrogens with zero attached hydrogens (tertiary/aromatic N) is 2. The number of fused-ring (bicyclic) bond motifs is 1. The average molecular weight is 696 g/mol. The number of methoxy groups -OCH3 is 1. The Morgan fingerprint density at radius 1 is 0.922 bits per heavy atom. The molecular weight excluding hydrogens is 650 g/mol. The molecule has 3 amide bonds. The second-order valence-electron chi connectivity index (χ2n) is 14.1. The third kappa shape index (κ3) is 8.57. The Morgan fingerprint density at radius 3 is 2.27 bits per heavy atom. The molecule has 0 radical (unpaired) electrons. The number of amides is 3. The van der Waals surface area contributed by atoms with Crippen molar-refractivity contribution in [2.75, 3.05) is 33.4 Å². The van der Waals surface area contributed by atoms with Crippen LogP contribution in [0, 0.1) is 5.92 Å². The van der Waals surface area contributed by atoms with Crippen molar-refractivity contribution in [3.8, 4) is 22.4 Å². The van der Waals surface area contributed by atoms with E-state index in [0.29, 0.717) is 38.2 Å². The van der Waals surface area contributed by atoms with Crippen LogP contribution in [0.5, 0.6) is 0 Å². The minimum atomic E-state index is -0.685. The number of benzene rings is 3. The predicted molar refractivity (Wildman–Crippen MR) is 192 cm³/mol. The van der Waals surface area contributed by atoms with Crippen LogP contribution >= 0.6 is 0 Å². The van der Waals surface area contributed by atoms with Crippen molar-refractivity contribution in [1.82, 2.24) is 25.5 Å². The van der Waals surface area contributed by atoms with Gasteiger partial charge in [0.15, 0.2) is 5.78 Å². The molecule has 2 aliphatic rings. The van der Waals surface area contributed by atoms with Crippen molar-refractivity contribution in [3.05, 3.63) is 78.2 Å². The number of Topliss-reactive ketones (excluding diaryl/α,β-unsaturated/α-hetero) is 1. The Morgan fingerprint density at radius 2 is 1.59 bits per heavy atom.